The van der Waals surface area contributed by atoms with E-state index in [1.807, 2.05) is 42.0 Å². The zero-order valence-electron chi connectivity index (χ0n) is 11.0. The van der Waals surface area contributed by atoms with Crippen LogP contribution in [-0.4, -0.2) is 15.5 Å². The van der Waals surface area contributed by atoms with E-state index in [0.29, 0.717) is 5.69 Å². The highest BCUT2D eigenvalue weighted by Gasteiger charge is 2.12. The second-order valence-corrected chi connectivity index (χ2v) is 5.12. The standard InChI is InChI=1S/C14H16BrN3O/c1-3-8-18-9-4-5-12(18)14(19)17-11-6-7-13(15)16-10(11)2/h4-7,9H,3,8H2,1-2H3,(H,17,19). The van der Waals surface area contributed by atoms with Crippen LogP contribution in [0.5, 0.6) is 0 Å². The first kappa shape index (κ1) is 13.8. The Hall–Kier alpha value is -1.62. The third kappa shape index (κ3) is 3.23. The van der Waals surface area contributed by atoms with Gasteiger partial charge in [0.15, 0.2) is 0 Å². The van der Waals surface area contributed by atoms with Gasteiger partial charge in [-0.1, -0.05) is 6.92 Å². The fourth-order valence-corrected chi connectivity index (χ4v) is 2.30. The van der Waals surface area contributed by atoms with E-state index < -0.39 is 0 Å². The van der Waals surface area contributed by atoms with Gasteiger partial charge in [0.25, 0.3) is 5.91 Å². The molecule has 0 aliphatic carbocycles. The molecule has 0 fully saturated rings. The number of carbonyl (C=O) groups is 1. The summed E-state index contributed by atoms with van der Waals surface area (Å²) in [5, 5.41) is 2.90. The summed E-state index contributed by atoms with van der Waals surface area (Å²) in [7, 11) is 0. The van der Waals surface area contributed by atoms with Crippen LogP contribution in [0.2, 0.25) is 0 Å². The van der Waals surface area contributed by atoms with Crippen molar-refractivity contribution in [2.24, 2.45) is 0 Å². The number of carbonyl (C=O) groups excluding carboxylic acids is 1. The van der Waals surface area contributed by atoms with Crippen molar-refractivity contribution in [2.75, 3.05) is 5.32 Å². The molecule has 1 amide bonds. The van der Waals surface area contributed by atoms with Crippen LogP contribution in [-0.2, 0) is 6.54 Å². The van der Waals surface area contributed by atoms with Crippen molar-refractivity contribution in [1.29, 1.82) is 0 Å². The normalized spacial score (nSPS) is 10.5. The van der Waals surface area contributed by atoms with E-state index in [2.05, 4.69) is 33.2 Å². The largest absolute Gasteiger partial charge is 0.344 e. The van der Waals surface area contributed by atoms with Crippen molar-refractivity contribution < 1.29 is 4.79 Å². The van der Waals surface area contributed by atoms with E-state index in [-0.39, 0.29) is 5.91 Å². The Labute approximate surface area is 121 Å². The lowest BCUT2D eigenvalue weighted by Crippen LogP contribution is -2.17. The maximum Gasteiger partial charge on any atom is 0.272 e. The number of hydrogen-bond acceptors (Lipinski definition) is 2. The lowest BCUT2D eigenvalue weighted by atomic mass is 10.3. The molecule has 0 aromatic carbocycles. The maximum atomic E-state index is 12.2. The number of aromatic nitrogens is 2. The van der Waals surface area contributed by atoms with E-state index in [1.54, 1.807) is 0 Å². The summed E-state index contributed by atoms with van der Waals surface area (Å²) in [5.41, 5.74) is 2.19. The number of aryl methyl sites for hydroxylation is 2. The SMILES string of the molecule is CCCn1cccc1C(=O)Nc1ccc(Br)nc1C. The van der Waals surface area contributed by atoms with E-state index >= 15 is 0 Å². The molecule has 2 aromatic rings. The summed E-state index contributed by atoms with van der Waals surface area (Å²) < 4.78 is 2.72. The Morgan fingerprint density at radius 2 is 2.21 bits per heavy atom. The highest BCUT2D eigenvalue weighted by atomic mass is 79.9. The highest BCUT2D eigenvalue weighted by Crippen LogP contribution is 2.17. The predicted octanol–water partition coefficient (Wildman–Crippen LogP) is 3.62. The zero-order valence-corrected chi connectivity index (χ0v) is 12.6. The second-order valence-electron chi connectivity index (χ2n) is 4.31. The Morgan fingerprint density at radius 3 is 2.89 bits per heavy atom. The van der Waals surface area contributed by atoms with E-state index in [1.165, 1.54) is 0 Å². The van der Waals surface area contributed by atoms with Gasteiger partial charge in [-0.3, -0.25) is 4.79 Å². The molecular formula is C14H16BrN3O. The molecule has 0 saturated heterocycles. The maximum absolute atomic E-state index is 12.2. The third-order valence-electron chi connectivity index (χ3n) is 2.83. The van der Waals surface area contributed by atoms with Gasteiger partial charge in [-0.25, -0.2) is 4.98 Å². The number of nitrogens with zero attached hydrogens (tertiary/aromatic N) is 2. The van der Waals surface area contributed by atoms with Crippen molar-refractivity contribution >= 4 is 27.5 Å². The van der Waals surface area contributed by atoms with Crippen molar-refractivity contribution in [3.63, 3.8) is 0 Å². The number of anilines is 1. The molecular weight excluding hydrogens is 306 g/mol. The zero-order chi connectivity index (χ0) is 13.8. The summed E-state index contributed by atoms with van der Waals surface area (Å²) in [4.78, 5) is 16.5. The van der Waals surface area contributed by atoms with Crippen molar-refractivity contribution in [3.05, 3.63) is 46.5 Å². The van der Waals surface area contributed by atoms with Crippen molar-refractivity contribution in [1.82, 2.24) is 9.55 Å². The van der Waals surface area contributed by atoms with Crippen LogP contribution in [0.25, 0.3) is 0 Å². The molecule has 100 valence electrons. The first-order valence-corrected chi connectivity index (χ1v) is 7.00. The van der Waals surface area contributed by atoms with Gasteiger partial charge in [0.2, 0.25) is 0 Å². The van der Waals surface area contributed by atoms with E-state index in [9.17, 15) is 4.79 Å². The smallest absolute Gasteiger partial charge is 0.272 e. The van der Waals surface area contributed by atoms with Crippen molar-refractivity contribution in [2.45, 2.75) is 26.8 Å². The van der Waals surface area contributed by atoms with Crippen LogP contribution in [0.4, 0.5) is 5.69 Å². The van der Waals surface area contributed by atoms with Gasteiger partial charge in [-0.15, -0.1) is 0 Å². The lowest BCUT2D eigenvalue weighted by Gasteiger charge is -2.10. The van der Waals surface area contributed by atoms with Crippen LogP contribution in [0.15, 0.2) is 35.1 Å². The average molecular weight is 322 g/mol. The molecule has 0 aliphatic heterocycles. The van der Waals surface area contributed by atoms with Gasteiger partial charge in [0.1, 0.15) is 10.3 Å². The molecule has 0 radical (unpaired) electrons. The number of nitrogens with one attached hydrogen (secondary N) is 1. The molecule has 0 spiro atoms. The summed E-state index contributed by atoms with van der Waals surface area (Å²) in [6.45, 7) is 4.79. The molecule has 2 aromatic heterocycles. The Balaban J connectivity index is 2.18. The molecule has 0 bridgehead atoms. The minimum absolute atomic E-state index is 0.106. The van der Waals surface area contributed by atoms with Crippen LogP contribution >= 0.6 is 15.9 Å². The lowest BCUT2D eigenvalue weighted by molar-refractivity contribution is 0.101. The van der Waals surface area contributed by atoms with E-state index in [0.717, 1.165) is 29.0 Å². The first-order valence-electron chi connectivity index (χ1n) is 6.21. The first-order chi connectivity index (χ1) is 9.11. The van der Waals surface area contributed by atoms with Gasteiger partial charge in [-0.2, -0.15) is 0 Å². The summed E-state index contributed by atoms with van der Waals surface area (Å²) in [6, 6.07) is 7.37. The quantitative estimate of drug-likeness (QED) is 0.874. The Kier molecular flexibility index (Phi) is 4.37. The van der Waals surface area contributed by atoms with Gasteiger partial charge in [0, 0.05) is 12.7 Å². The van der Waals surface area contributed by atoms with Crippen LogP contribution < -0.4 is 5.32 Å². The fourth-order valence-electron chi connectivity index (χ4n) is 1.90. The number of hydrogen-bond donors (Lipinski definition) is 1. The molecule has 0 atom stereocenters. The van der Waals surface area contributed by atoms with Gasteiger partial charge >= 0.3 is 0 Å². The van der Waals surface area contributed by atoms with Gasteiger partial charge in [-0.05, 0) is 53.5 Å². The summed E-state index contributed by atoms with van der Waals surface area (Å²) >= 11 is 3.31. The molecule has 2 heterocycles. The molecule has 2 rings (SSSR count). The molecule has 0 aliphatic rings. The summed E-state index contributed by atoms with van der Waals surface area (Å²) in [5.74, 6) is -0.106. The monoisotopic (exact) mass is 321 g/mol. The molecule has 19 heavy (non-hydrogen) atoms. The van der Waals surface area contributed by atoms with Crippen molar-refractivity contribution in [3.8, 4) is 0 Å². The number of amides is 1. The molecule has 5 heteroatoms. The number of pyridine rings is 1. The Morgan fingerprint density at radius 1 is 1.42 bits per heavy atom. The minimum Gasteiger partial charge on any atom is -0.344 e. The van der Waals surface area contributed by atoms with Crippen LogP contribution in [0.1, 0.15) is 29.5 Å². The topological polar surface area (TPSA) is 46.9 Å². The number of halogens is 1. The van der Waals surface area contributed by atoms with Gasteiger partial charge < -0.3 is 9.88 Å². The predicted molar refractivity (Wildman–Crippen MR) is 79.4 cm³/mol. The summed E-state index contributed by atoms with van der Waals surface area (Å²) in [6.07, 6.45) is 2.92. The van der Waals surface area contributed by atoms with Gasteiger partial charge in [0.05, 0.1) is 11.4 Å². The molecule has 0 saturated carbocycles. The average Bonchev–Trinajstić information content (AvgIpc) is 2.81. The highest BCUT2D eigenvalue weighted by molar-refractivity contribution is 9.10. The fraction of sp³-hybridized carbons (Fsp3) is 0.286. The van der Waals surface area contributed by atoms with E-state index in [4.69, 9.17) is 0 Å². The minimum atomic E-state index is -0.106. The second kappa shape index (κ2) is 6.02. The Bertz CT molecular complexity index is 592. The molecule has 4 nitrogen and oxygen atoms in total. The molecule has 1 N–H and O–H groups in total. The third-order valence-corrected chi connectivity index (χ3v) is 3.27. The van der Waals surface area contributed by atoms with Crippen LogP contribution in [0.3, 0.4) is 0 Å². The molecule has 0 unspecified atom stereocenters. The van der Waals surface area contributed by atoms with Crippen LogP contribution in [0, 0.1) is 6.92 Å². The number of rotatable bonds is 4.